The van der Waals surface area contributed by atoms with E-state index in [0.717, 1.165) is 27.2 Å². The number of halogens is 1. The van der Waals surface area contributed by atoms with Crippen LogP contribution in [-0.2, 0) is 4.79 Å². The van der Waals surface area contributed by atoms with E-state index in [1.54, 1.807) is 7.11 Å². The number of para-hydroxylation sites is 1. The van der Waals surface area contributed by atoms with Gasteiger partial charge in [-0.25, -0.2) is 0 Å². The smallest absolute Gasteiger partial charge is 0.234 e. The first-order chi connectivity index (χ1) is 15.2. The van der Waals surface area contributed by atoms with E-state index in [-0.39, 0.29) is 11.7 Å². The third kappa shape index (κ3) is 4.98. The van der Waals surface area contributed by atoms with Gasteiger partial charge in [0.2, 0.25) is 5.91 Å². The topological polar surface area (TPSA) is 69.0 Å². The maximum absolute atomic E-state index is 12.4. The Morgan fingerprint density at radius 3 is 2.42 bits per heavy atom. The Hall–Kier alpha value is -3.10. The van der Waals surface area contributed by atoms with Crippen LogP contribution in [0.2, 0.25) is 0 Å². The first-order valence-electron chi connectivity index (χ1n) is 9.48. The number of nitrogens with zero attached hydrogens (tertiary/aromatic N) is 3. The number of aromatic nitrogens is 3. The SMILES string of the molecule is COc1ccc(-n2c(SCC(=O)Nc3ccccc3)nnc2-c2ccccc2Br)cc1. The molecule has 0 fully saturated rings. The number of hydrogen-bond acceptors (Lipinski definition) is 5. The van der Waals surface area contributed by atoms with Gasteiger partial charge in [0.1, 0.15) is 5.75 Å². The molecule has 1 aromatic heterocycles. The number of anilines is 1. The third-order valence-corrected chi connectivity index (χ3v) is 6.09. The average Bonchev–Trinajstić information content (AvgIpc) is 3.22. The Kier molecular flexibility index (Phi) is 6.69. The lowest BCUT2D eigenvalue weighted by molar-refractivity contribution is -0.113. The van der Waals surface area contributed by atoms with Gasteiger partial charge >= 0.3 is 0 Å². The predicted octanol–water partition coefficient (Wildman–Crippen LogP) is 5.44. The molecule has 8 heteroatoms. The molecule has 1 heterocycles. The number of carbonyl (C=O) groups is 1. The second kappa shape index (κ2) is 9.80. The highest BCUT2D eigenvalue weighted by atomic mass is 79.9. The molecule has 0 bridgehead atoms. The molecular formula is C23H19BrN4O2S. The first-order valence-corrected chi connectivity index (χ1v) is 11.3. The Morgan fingerprint density at radius 1 is 1.00 bits per heavy atom. The fourth-order valence-electron chi connectivity index (χ4n) is 2.99. The van der Waals surface area contributed by atoms with Crippen LogP contribution in [0.25, 0.3) is 17.1 Å². The van der Waals surface area contributed by atoms with E-state index in [1.165, 1.54) is 11.8 Å². The number of methoxy groups -OCH3 is 1. The van der Waals surface area contributed by atoms with Crippen molar-refractivity contribution in [3.05, 3.63) is 83.3 Å². The van der Waals surface area contributed by atoms with Crippen molar-refractivity contribution >= 4 is 39.3 Å². The molecule has 4 rings (SSSR count). The molecule has 6 nitrogen and oxygen atoms in total. The van der Waals surface area contributed by atoms with Crippen molar-refractivity contribution < 1.29 is 9.53 Å². The van der Waals surface area contributed by atoms with E-state index in [9.17, 15) is 4.79 Å². The summed E-state index contributed by atoms with van der Waals surface area (Å²) in [4.78, 5) is 12.4. The van der Waals surface area contributed by atoms with Crippen molar-refractivity contribution in [3.63, 3.8) is 0 Å². The number of amides is 1. The largest absolute Gasteiger partial charge is 0.497 e. The average molecular weight is 495 g/mol. The zero-order chi connectivity index (χ0) is 21.6. The number of thioether (sulfide) groups is 1. The minimum absolute atomic E-state index is 0.108. The molecule has 1 amide bonds. The molecule has 0 aliphatic heterocycles. The second-order valence-corrected chi connectivity index (χ2v) is 8.32. The molecule has 1 N–H and O–H groups in total. The fourth-order valence-corrected chi connectivity index (χ4v) is 4.21. The van der Waals surface area contributed by atoms with Crippen LogP contribution < -0.4 is 10.1 Å². The molecule has 0 atom stereocenters. The quantitative estimate of drug-likeness (QED) is 0.346. The van der Waals surface area contributed by atoms with Crippen molar-refractivity contribution in [1.29, 1.82) is 0 Å². The summed E-state index contributed by atoms with van der Waals surface area (Å²) in [5, 5.41) is 12.3. The number of ether oxygens (including phenoxy) is 1. The van der Waals surface area contributed by atoms with Gasteiger partial charge in [-0.3, -0.25) is 9.36 Å². The van der Waals surface area contributed by atoms with Crippen LogP contribution in [0.4, 0.5) is 5.69 Å². The van der Waals surface area contributed by atoms with Crippen molar-refractivity contribution in [2.45, 2.75) is 5.16 Å². The van der Waals surface area contributed by atoms with Gasteiger partial charge in [0, 0.05) is 21.4 Å². The summed E-state index contributed by atoms with van der Waals surface area (Å²) in [6.07, 6.45) is 0. The van der Waals surface area contributed by atoms with Crippen LogP contribution >= 0.6 is 27.7 Å². The van der Waals surface area contributed by atoms with E-state index in [0.29, 0.717) is 11.0 Å². The number of carbonyl (C=O) groups excluding carboxylic acids is 1. The normalized spacial score (nSPS) is 10.6. The third-order valence-electron chi connectivity index (χ3n) is 4.47. The number of benzene rings is 3. The van der Waals surface area contributed by atoms with E-state index >= 15 is 0 Å². The molecule has 0 aliphatic carbocycles. The standard InChI is InChI=1S/C23H19BrN4O2S/c1-30-18-13-11-17(12-14-18)28-22(19-9-5-6-10-20(19)24)26-27-23(28)31-15-21(29)25-16-7-3-2-4-8-16/h2-14H,15H2,1H3,(H,25,29). The summed E-state index contributed by atoms with van der Waals surface area (Å²) in [6.45, 7) is 0. The first kappa shape index (κ1) is 21.1. The van der Waals surface area contributed by atoms with Gasteiger partial charge in [-0.05, 0) is 42.5 Å². The van der Waals surface area contributed by atoms with Crippen LogP contribution in [-0.4, -0.2) is 33.5 Å². The number of rotatable bonds is 7. The van der Waals surface area contributed by atoms with Crippen molar-refractivity contribution in [3.8, 4) is 22.8 Å². The van der Waals surface area contributed by atoms with Gasteiger partial charge in [-0.2, -0.15) is 0 Å². The molecule has 0 unspecified atom stereocenters. The number of nitrogens with one attached hydrogen (secondary N) is 1. The Balaban J connectivity index is 1.64. The molecule has 3 aromatic carbocycles. The second-order valence-electron chi connectivity index (χ2n) is 6.52. The lowest BCUT2D eigenvalue weighted by atomic mass is 10.2. The molecule has 0 saturated heterocycles. The van der Waals surface area contributed by atoms with Crippen LogP contribution in [0.3, 0.4) is 0 Å². The van der Waals surface area contributed by atoms with Crippen LogP contribution in [0.1, 0.15) is 0 Å². The molecule has 0 aliphatic rings. The Morgan fingerprint density at radius 2 is 1.71 bits per heavy atom. The van der Waals surface area contributed by atoms with Gasteiger partial charge in [-0.15, -0.1) is 10.2 Å². The van der Waals surface area contributed by atoms with Crippen molar-refractivity contribution in [2.75, 3.05) is 18.2 Å². The van der Waals surface area contributed by atoms with Gasteiger partial charge in [-0.1, -0.05) is 64.1 Å². The number of hydrogen-bond donors (Lipinski definition) is 1. The lowest BCUT2D eigenvalue weighted by Gasteiger charge is -2.12. The van der Waals surface area contributed by atoms with Gasteiger partial charge in [0.15, 0.2) is 11.0 Å². The van der Waals surface area contributed by atoms with Gasteiger partial charge in [0.05, 0.1) is 12.9 Å². The van der Waals surface area contributed by atoms with Crippen molar-refractivity contribution in [1.82, 2.24) is 14.8 Å². The molecule has 0 saturated carbocycles. The maximum Gasteiger partial charge on any atom is 0.234 e. The van der Waals surface area contributed by atoms with Crippen LogP contribution in [0.15, 0.2) is 88.5 Å². The highest BCUT2D eigenvalue weighted by Gasteiger charge is 2.19. The Bertz CT molecular complexity index is 1180. The summed E-state index contributed by atoms with van der Waals surface area (Å²) in [5.41, 5.74) is 2.55. The maximum atomic E-state index is 12.4. The summed E-state index contributed by atoms with van der Waals surface area (Å²) < 4.78 is 8.14. The van der Waals surface area contributed by atoms with Gasteiger partial charge in [0.25, 0.3) is 0 Å². The highest BCUT2D eigenvalue weighted by Crippen LogP contribution is 2.32. The van der Waals surface area contributed by atoms with E-state index in [1.807, 2.05) is 83.4 Å². The highest BCUT2D eigenvalue weighted by molar-refractivity contribution is 9.10. The molecule has 31 heavy (non-hydrogen) atoms. The van der Waals surface area contributed by atoms with Crippen molar-refractivity contribution in [2.24, 2.45) is 0 Å². The minimum Gasteiger partial charge on any atom is -0.497 e. The minimum atomic E-state index is -0.108. The lowest BCUT2D eigenvalue weighted by Crippen LogP contribution is -2.14. The summed E-state index contributed by atoms with van der Waals surface area (Å²) in [6, 6.07) is 24.9. The van der Waals surface area contributed by atoms with Crippen LogP contribution in [0.5, 0.6) is 5.75 Å². The molecular weight excluding hydrogens is 476 g/mol. The van der Waals surface area contributed by atoms with Gasteiger partial charge < -0.3 is 10.1 Å². The van der Waals surface area contributed by atoms with Crippen LogP contribution in [0, 0.1) is 0 Å². The summed E-state index contributed by atoms with van der Waals surface area (Å²) >= 11 is 4.93. The zero-order valence-corrected chi connectivity index (χ0v) is 19.1. The molecule has 0 spiro atoms. The monoisotopic (exact) mass is 494 g/mol. The fraction of sp³-hybridized carbons (Fsp3) is 0.0870. The molecule has 4 aromatic rings. The Labute approximate surface area is 192 Å². The van der Waals surface area contributed by atoms with E-state index < -0.39 is 0 Å². The molecule has 0 radical (unpaired) electrons. The zero-order valence-electron chi connectivity index (χ0n) is 16.7. The van der Waals surface area contributed by atoms with E-state index in [4.69, 9.17) is 4.74 Å². The predicted molar refractivity (Wildman–Crippen MR) is 127 cm³/mol. The summed E-state index contributed by atoms with van der Waals surface area (Å²) in [7, 11) is 1.63. The summed E-state index contributed by atoms with van der Waals surface area (Å²) in [5.74, 6) is 1.54. The van der Waals surface area contributed by atoms with E-state index in [2.05, 4.69) is 31.4 Å². The molecule has 156 valence electrons.